The zero-order chi connectivity index (χ0) is 14.7. The molecule has 0 spiro atoms. The number of aliphatic hydroxyl groups is 1. The molecule has 5 nitrogen and oxygen atoms in total. The maximum atomic E-state index is 10.3. The van der Waals surface area contributed by atoms with Crippen LogP contribution in [0.15, 0.2) is 28.2 Å². The van der Waals surface area contributed by atoms with Gasteiger partial charge in [0.25, 0.3) is 0 Å². The quantitative estimate of drug-likeness (QED) is 0.919. The van der Waals surface area contributed by atoms with E-state index in [1.807, 2.05) is 13.0 Å². The topological polar surface area (TPSA) is 58.7 Å². The Morgan fingerprint density at radius 3 is 3.19 bits per heavy atom. The van der Waals surface area contributed by atoms with Crippen molar-refractivity contribution in [1.82, 2.24) is 9.88 Å². The van der Waals surface area contributed by atoms with Gasteiger partial charge in [0.05, 0.1) is 26.0 Å². The van der Waals surface area contributed by atoms with E-state index in [-0.39, 0.29) is 6.04 Å². The number of rotatable bonds is 5. The number of hydrogen-bond donors (Lipinski definition) is 1. The summed E-state index contributed by atoms with van der Waals surface area (Å²) in [6, 6.07) is 3.79. The van der Waals surface area contributed by atoms with E-state index in [0.29, 0.717) is 18.8 Å². The van der Waals surface area contributed by atoms with Crippen LogP contribution < -0.4 is 0 Å². The minimum Gasteiger partial charge on any atom is -0.467 e. The number of hydrogen-bond acceptors (Lipinski definition) is 6. The van der Waals surface area contributed by atoms with Crippen LogP contribution in [0.3, 0.4) is 0 Å². The van der Waals surface area contributed by atoms with Crippen LogP contribution in [-0.4, -0.2) is 40.8 Å². The van der Waals surface area contributed by atoms with E-state index in [4.69, 9.17) is 9.15 Å². The lowest BCUT2D eigenvalue weighted by Gasteiger charge is -2.35. The molecule has 1 N–H and O–H groups in total. The summed E-state index contributed by atoms with van der Waals surface area (Å²) in [5.41, 5.74) is 1.07. The highest BCUT2D eigenvalue weighted by atomic mass is 32.1. The van der Waals surface area contributed by atoms with E-state index >= 15 is 0 Å². The van der Waals surface area contributed by atoms with Crippen molar-refractivity contribution in [2.75, 3.05) is 19.8 Å². The third-order valence-electron chi connectivity index (χ3n) is 3.72. The number of aryl methyl sites for hydroxylation is 1. The number of morpholine rings is 1. The molecular weight excluding hydrogens is 288 g/mol. The Hall–Kier alpha value is -1.21. The lowest BCUT2D eigenvalue weighted by atomic mass is 10.1. The van der Waals surface area contributed by atoms with Gasteiger partial charge in [-0.05, 0) is 25.5 Å². The van der Waals surface area contributed by atoms with Gasteiger partial charge in [-0.1, -0.05) is 0 Å². The molecule has 0 aromatic carbocycles. The maximum absolute atomic E-state index is 10.3. The monoisotopic (exact) mass is 308 g/mol. The van der Waals surface area contributed by atoms with Crippen LogP contribution in [0, 0.1) is 6.92 Å². The van der Waals surface area contributed by atoms with Gasteiger partial charge >= 0.3 is 0 Å². The molecule has 0 aliphatic carbocycles. The lowest BCUT2D eigenvalue weighted by Crippen LogP contribution is -2.45. The van der Waals surface area contributed by atoms with Gasteiger partial charge in [0.2, 0.25) is 0 Å². The van der Waals surface area contributed by atoms with Gasteiger partial charge in [0.15, 0.2) is 0 Å². The number of furan rings is 1. The summed E-state index contributed by atoms with van der Waals surface area (Å²) in [5, 5.41) is 13.5. The molecule has 0 bridgehead atoms. The van der Waals surface area contributed by atoms with Crippen molar-refractivity contribution in [3.05, 3.63) is 40.2 Å². The van der Waals surface area contributed by atoms with Crippen LogP contribution in [0.4, 0.5) is 0 Å². The minimum absolute atomic E-state index is 0.183. The van der Waals surface area contributed by atoms with E-state index in [1.165, 1.54) is 0 Å². The zero-order valence-corrected chi connectivity index (χ0v) is 12.9. The first-order chi connectivity index (χ1) is 10.2. The third-order valence-corrected chi connectivity index (χ3v) is 4.67. The van der Waals surface area contributed by atoms with Gasteiger partial charge in [-0.15, -0.1) is 11.3 Å². The molecular formula is C15H20N2O3S. The van der Waals surface area contributed by atoms with Gasteiger partial charge in [0, 0.05) is 23.7 Å². The van der Waals surface area contributed by atoms with Gasteiger partial charge in [0.1, 0.15) is 16.9 Å². The van der Waals surface area contributed by atoms with E-state index in [9.17, 15) is 5.11 Å². The molecule has 21 heavy (non-hydrogen) atoms. The smallest absolute Gasteiger partial charge is 0.132 e. The number of aliphatic hydroxyl groups excluding tert-OH is 1. The minimum atomic E-state index is -0.591. The number of nitrogens with zero attached hydrogens (tertiary/aromatic N) is 2. The van der Waals surface area contributed by atoms with Crippen LogP contribution in [0.5, 0.6) is 0 Å². The average Bonchev–Trinajstić information content (AvgIpc) is 3.13. The van der Waals surface area contributed by atoms with Crippen molar-refractivity contribution >= 4 is 11.3 Å². The first-order valence-corrected chi connectivity index (χ1v) is 8.04. The molecule has 2 aromatic rings. The number of thiazole rings is 1. The van der Waals surface area contributed by atoms with Gasteiger partial charge in [-0.25, -0.2) is 4.98 Å². The summed E-state index contributed by atoms with van der Waals surface area (Å²) in [5.74, 6) is 0.616. The van der Waals surface area contributed by atoms with Crippen molar-refractivity contribution in [2.45, 2.75) is 32.0 Å². The summed E-state index contributed by atoms with van der Waals surface area (Å²) in [6.45, 7) is 5.07. The molecule has 6 heteroatoms. The van der Waals surface area contributed by atoms with E-state index in [0.717, 1.165) is 30.4 Å². The van der Waals surface area contributed by atoms with Crippen molar-refractivity contribution in [2.24, 2.45) is 0 Å². The Bertz CT molecular complexity index is 555. The summed E-state index contributed by atoms with van der Waals surface area (Å²) in [4.78, 5) is 6.86. The van der Waals surface area contributed by atoms with E-state index in [1.54, 1.807) is 23.7 Å². The van der Waals surface area contributed by atoms with Gasteiger partial charge in [-0.3, -0.25) is 4.90 Å². The fraction of sp³-hybridized carbons (Fsp3) is 0.533. The second-order valence-electron chi connectivity index (χ2n) is 5.35. The Balaban J connectivity index is 1.63. The average molecular weight is 308 g/mol. The molecule has 0 amide bonds. The molecule has 0 radical (unpaired) electrons. The zero-order valence-electron chi connectivity index (χ0n) is 12.1. The lowest BCUT2D eigenvalue weighted by molar-refractivity contribution is -0.0323. The highest BCUT2D eigenvalue weighted by Crippen LogP contribution is 2.24. The molecule has 0 saturated carbocycles. The molecule has 3 heterocycles. The van der Waals surface area contributed by atoms with Crippen LogP contribution in [-0.2, 0) is 11.3 Å². The molecule has 2 aromatic heterocycles. The van der Waals surface area contributed by atoms with Crippen molar-refractivity contribution in [1.29, 1.82) is 0 Å². The van der Waals surface area contributed by atoms with Crippen molar-refractivity contribution in [3.8, 4) is 0 Å². The molecule has 3 rings (SSSR count). The molecule has 1 aliphatic heterocycles. The fourth-order valence-corrected chi connectivity index (χ4v) is 3.41. The third kappa shape index (κ3) is 3.71. The summed E-state index contributed by atoms with van der Waals surface area (Å²) < 4.78 is 10.8. The summed E-state index contributed by atoms with van der Waals surface area (Å²) in [7, 11) is 0. The molecule has 1 aliphatic rings. The standard InChI is InChI=1S/C15H20N2O3S/c1-11-10-21-15(16-11)8-17-4-6-19-9-12(17)7-13(18)14-3-2-5-20-14/h2-3,5,10,12-13,18H,4,6-9H2,1H3. The number of ether oxygens (including phenoxy) is 1. The van der Waals surface area contributed by atoms with Crippen LogP contribution in [0.2, 0.25) is 0 Å². The highest BCUT2D eigenvalue weighted by Gasteiger charge is 2.27. The van der Waals surface area contributed by atoms with Crippen LogP contribution in [0.25, 0.3) is 0 Å². The van der Waals surface area contributed by atoms with Crippen molar-refractivity contribution < 1.29 is 14.3 Å². The largest absolute Gasteiger partial charge is 0.467 e. The molecule has 1 fully saturated rings. The normalized spacial score (nSPS) is 21.5. The van der Waals surface area contributed by atoms with E-state index < -0.39 is 6.10 Å². The Morgan fingerprint density at radius 2 is 2.48 bits per heavy atom. The molecule has 114 valence electrons. The Kier molecular flexibility index (Phi) is 4.70. The van der Waals surface area contributed by atoms with Gasteiger partial charge in [-0.2, -0.15) is 0 Å². The van der Waals surface area contributed by atoms with Gasteiger partial charge < -0.3 is 14.3 Å². The van der Waals surface area contributed by atoms with Crippen LogP contribution in [0.1, 0.15) is 29.0 Å². The maximum Gasteiger partial charge on any atom is 0.132 e. The second-order valence-corrected chi connectivity index (χ2v) is 6.29. The summed E-state index contributed by atoms with van der Waals surface area (Å²) >= 11 is 1.69. The predicted molar refractivity (Wildman–Crippen MR) is 80.2 cm³/mol. The first-order valence-electron chi connectivity index (χ1n) is 7.16. The highest BCUT2D eigenvalue weighted by molar-refractivity contribution is 7.09. The predicted octanol–water partition coefficient (Wildman–Crippen LogP) is 2.37. The molecule has 2 atom stereocenters. The van der Waals surface area contributed by atoms with Crippen molar-refractivity contribution in [3.63, 3.8) is 0 Å². The summed E-state index contributed by atoms with van der Waals surface area (Å²) in [6.07, 6.45) is 1.61. The van der Waals surface area contributed by atoms with E-state index in [2.05, 4.69) is 15.3 Å². The Labute approximate surface area is 128 Å². The fourth-order valence-electron chi connectivity index (χ4n) is 2.62. The van der Waals surface area contributed by atoms with Crippen LogP contribution >= 0.6 is 11.3 Å². The molecule has 1 saturated heterocycles. The first kappa shape index (κ1) is 14.7. The molecule has 2 unspecified atom stereocenters. The number of aromatic nitrogens is 1. The SMILES string of the molecule is Cc1csc(CN2CCOCC2CC(O)c2ccco2)n1. The second kappa shape index (κ2) is 6.70. The Morgan fingerprint density at radius 1 is 1.57 bits per heavy atom.